The van der Waals surface area contributed by atoms with E-state index >= 15 is 0 Å². The van der Waals surface area contributed by atoms with Gasteiger partial charge in [0.1, 0.15) is 6.04 Å². The third-order valence-electron chi connectivity index (χ3n) is 3.29. The first kappa shape index (κ1) is 15.2. The SMILES string of the molecule is COC(=O)C(C)Nc1nc(NN)nc(N2CCCCC2)n1. The van der Waals surface area contributed by atoms with E-state index in [-0.39, 0.29) is 11.9 Å². The number of hydrogen-bond donors (Lipinski definition) is 3. The van der Waals surface area contributed by atoms with E-state index in [1.165, 1.54) is 13.5 Å². The average molecular weight is 295 g/mol. The molecular weight excluding hydrogens is 274 g/mol. The highest BCUT2D eigenvalue weighted by Gasteiger charge is 2.18. The number of esters is 1. The van der Waals surface area contributed by atoms with Crippen LogP contribution >= 0.6 is 0 Å². The van der Waals surface area contributed by atoms with Gasteiger partial charge in [0, 0.05) is 13.1 Å². The van der Waals surface area contributed by atoms with Crippen LogP contribution in [0.15, 0.2) is 0 Å². The van der Waals surface area contributed by atoms with Crippen LogP contribution < -0.4 is 21.5 Å². The molecule has 116 valence electrons. The number of piperidine rings is 1. The second-order valence-corrected chi connectivity index (χ2v) is 4.86. The van der Waals surface area contributed by atoms with Crippen molar-refractivity contribution < 1.29 is 9.53 Å². The lowest BCUT2D eigenvalue weighted by molar-refractivity contribution is -0.141. The maximum absolute atomic E-state index is 11.5. The molecule has 1 aliphatic heterocycles. The molecule has 0 radical (unpaired) electrons. The first-order chi connectivity index (χ1) is 10.1. The van der Waals surface area contributed by atoms with Crippen molar-refractivity contribution in [1.82, 2.24) is 15.0 Å². The third-order valence-corrected chi connectivity index (χ3v) is 3.29. The number of nitrogens with two attached hydrogens (primary N) is 1. The van der Waals surface area contributed by atoms with Gasteiger partial charge in [-0.25, -0.2) is 10.6 Å². The van der Waals surface area contributed by atoms with E-state index < -0.39 is 12.0 Å². The summed E-state index contributed by atoms with van der Waals surface area (Å²) in [5, 5.41) is 2.89. The fourth-order valence-corrected chi connectivity index (χ4v) is 2.16. The molecule has 0 spiro atoms. The first-order valence-electron chi connectivity index (χ1n) is 6.96. The standard InChI is InChI=1S/C12H21N7O2/c1-8(9(20)21-2)14-10-15-11(18-13)17-12(16-10)19-6-4-3-5-7-19/h8H,3-7,13H2,1-2H3,(H2,14,15,16,17,18). The molecule has 0 amide bonds. The molecule has 21 heavy (non-hydrogen) atoms. The van der Waals surface area contributed by atoms with Crippen molar-refractivity contribution in [3.05, 3.63) is 0 Å². The maximum atomic E-state index is 11.5. The van der Waals surface area contributed by atoms with Crippen LogP contribution in [0.2, 0.25) is 0 Å². The number of carbonyl (C=O) groups is 1. The molecule has 0 bridgehead atoms. The number of carbonyl (C=O) groups excluding carboxylic acids is 1. The number of nitrogens with one attached hydrogen (secondary N) is 2. The fourth-order valence-electron chi connectivity index (χ4n) is 2.16. The van der Waals surface area contributed by atoms with Gasteiger partial charge in [-0.1, -0.05) is 0 Å². The molecule has 1 aromatic rings. The summed E-state index contributed by atoms with van der Waals surface area (Å²) >= 11 is 0. The lowest BCUT2D eigenvalue weighted by Crippen LogP contribution is -2.33. The Morgan fingerprint density at radius 2 is 1.90 bits per heavy atom. The zero-order chi connectivity index (χ0) is 15.2. The summed E-state index contributed by atoms with van der Waals surface area (Å²) in [6, 6.07) is -0.558. The van der Waals surface area contributed by atoms with E-state index in [0.717, 1.165) is 25.9 Å². The highest BCUT2D eigenvalue weighted by molar-refractivity contribution is 5.78. The number of hydrazine groups is 1. The van der Waals surface area contributed by atoms with E-state index in [2.05, 4.69) is 35.3 Å². The van der Waals surface area contributed by atoms with Gasteiger partial charge in [0.15, 0.2) is 0 Å². The number of nitrogen functional groups attached to an aromatic ring is 1. The van der Waals surface area contributed by atoms with Gasteiger partial charge in [0.2, 0.25) is 17.8 Å². The molecule has 2 rings (SSSR count). The predicted molar refractivity (Wildman–Crippen MR) is 78.8 cm³/mol. The molecule has 1 unspecified atom stereocenters. The molecule has 2 heterocycles. The smallest absolute Gasteiger partial charge is 0.328 e. The normalized spacial score (nSPS) is 16.2. The summed E-state index contributed by atoms with van der Waals surface area (Å²) in [5.74, 6) is 6.10. The van der Waals surface area contributed by atoms with Crippen molar-refractivity contribution in [3.8, 4) is 0 Å². The number of ether oxygens (including phenoxy) is 1. The molecule has 1 saturated heterocycles. The molecule has 9 nitrogen and oxygen atoms in total. The Bertz CT molecular complexity index is 490. The van der Waals surface area contributed by atoms with E-state index in [1.807, 2.05) is 0 Å². The number of anilines is 3. The van der Waals surface area contributed by atoms with E-state index in [4.69, 9.17) is 5.84 Å². The van der Waals surface area contributed by atoms with Crippen LogP contribution in [0.5, 0.6) is 0 Å². The number of aromatic nitrogens is 3. The van der Waals surface area contributed by atoms with Crippen molar-refractivity contribution in [3.63, 3.8) is 0 Å². The molecule has 1 fully saturated rings. The summed E-state index contributed by atoms with van der Waals surface area (Å²) < 4.78 is 4.66. The molecule has 1 atom stereocenters. The van der Waals surface area contributed by atoms with E-state index in [1.54, 1.807) is 6.92 Å². The second kappa shape index (κ2) is 7.02. The van der Waals surface area contributed by atoms with E-state index in [0.29, 0.717) is 5.95 Å². The molecular formula is C12H21N7O2. The molecule has 0 aliphatic carbocycles. The summed E-state index contributed by atoms with van der Waals surface area (Å²) in [4.78, 5) is 26.2. The van der Waals surface area contributed by atoms with Crippen molar-refractivity contribution in [1.29, 1.82) is 0 Å². The van der Waals surface area contributed by atoms with Gasteiger partial charge in [-0.2, -0.15) is 15.0 Å². The number of rotatable bonds is 5. The topological polar surface area (TPSA) is 118 Å². The zero-order valence-electron chi connectivity index (χ0n) is 12.3. The zero-order valence-corrected chi connectivity index (χ0v) is 12.3. The predicted octanol–water partition coefficient (Wildman–Crippen LogP) is 0.121. The maximum Gasteiger partial charge on any atom is 0.328 e. The Hall–Kier alpha value is -2.16. The summed E-state index contributed by atoms with van der Waals surface area (Å²) in [5.41, 5.74) is 2.42. The van der Waals surface area contributed by atoms with Crippen LogP contribution in [0.1, 0.15) is 26.2 Å². The lowest BCUT2D eigenvalue weighted by Gasteiger charge is -2.27. The Kier molecular flexibility index (Phi) is 5.09. The van der Waals surface area contributed by atoms with Crippen LogP contribution in [-0.2, 0) is 9.53 Å². The summed E-state index contributed by atoms with van der Waals surface area (Å²) in [6.07, 6.45) is 3.44. The number of methoxy groups -OCH3 is 1. The Balaban J connectivity index is 2.18. The molecule has 4 N–H and O–H groups in total. The monoisotopic (exact) mass is 295 g/mol. The Labute approximate surface area is 123 Å². The van der Waals surface area contributed by atoms with Gasteiger partial charge in [-0.05, 0) is 26.2 Å². The molecule has 9 heteroatoms. The second-order valence-electron chi connectivity index (χ2n) is 4.86. The highest BCUT2D eigenvalue weighted by atomic mass is 16.5. The minimum atomic E-state index is -0.558. The van der Waals surface area contributed by atoms with Gasteiger partial charge in [0.05, 0.1) is 7.11 Å². The largest absolute Gasteiger partial charge is 0.467 e. The van der Waals surface area contributed by atoms with Crippen molar-refractivity contribution in [2.24, 2.45) is 5.84 Å². The van der Waals surface area contributed by atoms with Gasteiger partial charge in [-0.3, -0.25) is 5.43 Å². The molecule has 0 saturated carbocycles. The molecule has 1 aliphatic rings. The van der Waals surface area contributed by atoms with Crippen LogP contribution in [0.25, 0.3) is 0 Å². The van der Waals surface area contributed by atoms with Crippen LogP contribution in [-0.4, -0.2) is 47.2 Å². The number of nitrogens with zero attached hydrogens (tertiary/aromatic N) is 4. The lowest BCUT2D eigenvalue weighted by atomic mass is 10.1. The highest BCUT2D eigenvalue weighted by Crippen LogP contribution is 2.18. The van der Waals surface area contributed by atoms with Crippen LogP contribution in [0, 0.1) is 0 Å². The fraction of sp³-hybridized carbons (Fsp3) is 0.667. The third kappa shape index (κ3) is 3.91. The van der Waals surface area contributed by atoms with Gasteiger partial charge in [0.25, 0.3) is 0 Å². The Morgan fingerprint density at radius 3 is 2.52 bits per heavy atom. The van der Waals surface area contributed by atoms with Crippen molar-refractivity contribution in [2.45, 2.75) is 32.2 Å². The van der Waals surface area contributed by atoms with Crippen molar-refractivity contribution >= 4 is 23.8 Å². The molecule has 1 aromatic heterocycles. The summed E-state index contributed by atoms with van der Waals surface area (Å²) in [7, 11) is 1.33. The minimum absolute atomic E-state index is 0.255. The average Bonchev–Trinajstić information content (AvgIpc) is 2.54. The molecule has 0 aromatic carbocycles. The number of hydrogen-bond acceptors (Lipinski definition) is 9. The Morgan fingerprint density at radius 1 is 1.24 bits per heavy atom. The van der Waals surface area contributed by atoms with Crippen LogP contribution in [0.4, 0.5) is 17.8 Å². The van der Waals surface area contributed by atoms with Crippen LogP contribution in [0.3, 0.4) is 0 Å². The van der Waals surface area contributed by atoms with Gasteiger partial charge >= 0.3 is 5.97 Å². The quantitative estimate of drug-likeness (QED) is 0.395. The first-order valence-corrected chi connectivity index (χ1v) is 6.96. The minimum Gasteiger partial charge on any atom is -0.467 e. The summed E-state index contributed by atoms with van der Waals surface area (Å²) in [6.45, 7) is 3.48. The van der Waals surface area contributed by atoms with E-state index in [9.17, 15) is 4.79 Å². The van der Waals surface area contributed by atoms with Crippen molar-refractivity contribution in [2.75, 3.05) is 35.8 Å². The van der Waals surface area contributed by atoms with Gasteiger partial charge in [-0.15, -0.1) is 0 Å². The van der Waals surface area contributed by atoms with Gasteiger partial charge < -0.3 is 15.0 Å².